The molecular weight excluding hydrogens is 196 g/mol. The predicted octanol–water partition coefficient (Wildman–Crippen LogP) is 3.39. The molecule has 0 N–H and O–H groups in total. The third-order valence-electron chi connectivity index (χ3n) is 2.35. The van der Waals surface area contributed by atoms with Crippen molar-refractivity contribution in [2.75, 3.05) is 0 Å². The van der Waals surface area contributed by atoms with E-state index in [-0.39, 0.29) is 0 Å². The Hall–Kier alpha value is -1.96. The first-order valence-corrected chi connectivity index (χ1v) is 5.42. The van der Waals surface area contributed by atoms with Gasteiger partial charge in [0.05, 0.1) is 17.6 Å². The molecule has 0 saturated carbocycles. The summed E-state index contributed by atoms with van der Waals surface area (Å²) in [5.74, 6) is 0. The number of benzene rings is 1. The van der Waals surface area contributed by atoms with Gasteiger partial charge in [-0.15, -0.1) is 0 Å². The van der Waals surface area contributed by atoms with E-state index in [9.17, 15) is 0 Å². The molecule has 1 aromatic carbocycles. The largest absolute Gasteiger partial charge is 0.255 e. The van der Waals surface area contributed by atoms with Crippen molar-refractivity contribution in [3.05, 3.63) is 59.9 Å². The minimum absolute atomic E-state index is 0.879. The van der Waals surface area contributed by atoms with Crippen molar-refractivity contribution in [2.24, 2.45) is 4.99 Å². The van der Waals surface area contributed by atoms with Gasteiger partial charge in [0, 0.05) is 6.20 Å². The molecule has 0 aliphatic carbocycles. The predicted molar refractivity (Wildman–Crippen MR) is 67.3 cm³/mol. The van der Waals surface area contributed by atoms with E-state index < -0.39 is 0 Å². The highest BCUT2D eigenvalue weighted by molar-refractivity contribution is 5.79. The van der Waals surface area contributed by atoms with E-state index in [1.54, 1.807) is 12.4 Å². The highest BCUT2D eigenvalue weighted by Crippen LogP contribution is 2.14. The average molecular weight is 210 g/mol. The molecule has 0 unspecified atom stereocenters. The third kappa shape index (κ3) is 2.76. The van der Waals surface area contributed by atoms with Crippen molar-refractivity contribution in [3.63, 3.8) is 0 Å². The summed E-state index contributed by atoms with van der Waals surface area (Å²) in [6.45, 7) is 2.14. The van der Waals surface area contributed by atoms with E-state index in [4.69, 9.17) is 0 Å². The van der Waals surface area contributed by atoms with Crippen LogP contribution >= 0.6 is 0 Å². The molecule has 0 aliphatic heterocycles. The number of hydrogen-bond acceptors (Lipinski definition) is 2. The maximum atomic E-state index is 4.40. The van der Waals surface area contributed by atoms with Crippen LogP contribution in [0.3, 0.4) is 0 Å². The van der Waals surface area contributed by atoms with Crippen molar-refractivity contribution in [2.45, 2.75) is 13.3 Å². The molecule has 0 radical (unpaired) electrons. The molecule has 16 heavy (non-hydrogen) atoms. The van der Waals surface area contributed by atoms with Crippen LogP contribution in [-0.2, 0) is 6.42 Å². The number of rotatable bonds is 3. The molecule has 2 rings (SSSR count). The van der Waals surface area contributed by atoms with Crippen LogP contribution < -0.4 is 0 Å². The highest BCUT2D eigenvalue weighted by Gasteiger charge is 1.91. The van der Waals surface area contributed by atoms with E-state index in [1.807, 2.05) is 30.3 Å². The van der Waals surface area contributed by atoms with E-state index in [0.29, 0.717) is 0 Å². The molecule has 2 aromatic rings. The van der Waals surface area contributed by atoms with Crippen molar-refractivity contribution >= 4 is 11.9 Å². The lowest BCUT2D eigenvalue weighted by atomic mass is 10.1. The minimum atomic E-state index is 0.879. The number of pyridine rings is 1. The van der Waals surface area contributed by atoms with E-state index in [2.05, 4.69) is 29.0 Å². The lowest BCUT2D eigenvalue weighted by Gasteiger charge is -1.97. The zero-order chi connectivity index (χ0) is 11.2. The maximum Gasteiger partial charge on any atom is 0.0812 e. The molecule has 0 fully saturated rings. The standard InChI is InChI=1S/C14H14N2/c1-2-12-6-5-8-13(10-12)16-11-14-7-3-4-9-15-14/h3-11H,2H2,1H3. The second kappa shape index (κ2) is 5.21. The van der Waals surface area contributed by atoms with Gasteiger partial charge in [0.15, 0.2) is 0 Å². The van der Waals surface area contributed by atoms with Crippen LogP contribution in [0.25, 0.3) is 0 Å². The monoisotopic (exact) mass is 210 g/mol. The first-order valence-electron chi connectivity index (χ1n) is 5.42. The molecule has 1 heterocycles. The summed E-state index contributed by atoms with van der Waals surface area (Å²) >= 11 is 0. The normalized spacial score (nSPS) is 10.8. The zero-order valence-electron chi connectivity index (χ0n) is 9.30. The van der Waals surface area contributed by atoms with Crippen LogP contribution in [0.4, 0.5) is 5.69 Å². The van der Waals surface area contributed by atoms with Gasteiger partial charge in [-0.2, -0.15) is 0 Å². The van der Waals surface area contributed by atoms with Gasteiger partial charge in [-0.1, -0.05) is 25.1 Å². The number of aryl methyl sites for hydroxylation is 1. The SMILES string of the molecule is CCc1cccc(N=Cc2ccccn2)c1. The summed E-state index contributed by atoms with van der Waals surface area (Å²) in [4.78, 5) is 8.58. The lowest BCUT2D eigenvalue weighted by Crippen LogP contribution is -1.84. The summed E-state index contributed by atoms with van der Waals surface area (Å²) < 4.78 is 0. The van der Waals surface area contributed by atoms with Gasteiger partial charge >= 0.3 is 0 Å². The Balaban J connectivity index is 2.17. The molecule has 80 valence electrons. The van der Waals surface area contributed by atoms with Crippen LogP contribution in [0.2, 0.25) is 0 Å². The van der Waals surface area contributed by atoms with Gasteiger partial charge < -0.3 is 0 Å². The third-order valence-corrected chi connectivity index (χ3v) is 2.35. The Labute approximate surface area is 95.7 Å². The Morgan fingerprint density at radius 3 is 2.88 bits per heavy atom. The molecule has 0 spiro atoms. The van der Waals surface area contributed by atoms with Crippen LogP contribution in [0, 0.1) is 0 Å². The lowest BCUT2D eigenvalue weighted by molar-refractivity contribution is 1.14. The van der Waals surface area contributed by atoms with Gasteiger partial charge in [0.25, 0.3) is 0 Å². The molecule has 1 aromatic heterocycles. The minimum Gasteiger partial charge on any atom is -0.255 e. The van der Waals surface area contributed by atoms with Gasteiger partial charge in [-0.3, -0.25) is 9.98 Å². The molecule has 0 bridgehead atoms. The first kappa shape index (κ1) is 10.6. The first-order chi connectivity index (χ1) is 7.88. The fraction of sp³-hybridized carbons (Fsp3) is 0.143. The highest BCUT2D eigenvalue weighted by atomic mass is 14.8. The summed E-state index contributed by atoms with van der Waals surface area (Å²) in [6, 6.07) is 14.0. The summed E-state index contributed by atoms with van der Waals surface area (Å²) in [7, 11) is 0. The van der Waals surface area contributed by atoms with Crippen molar-refractivity contribution < 1.29 is 0 Å². The Kier molecular flexibility index (Phi) is 3.44. The van der Waals surface area contributed by atoms with Gasteiger partial charge in [-0.05, 0) is 36.2 Å². The maximum absolute atomic E-state index is 4.40. The fourth-order valence-electron chi connectivity index (χ4n) is 1.45. The van der Waals surface area contributed by atoms with Crippen molar-refractivity contribution in [3.8, 4) is 0 Å². The number of aliphatic imine (C=N–C) groups is 1. The van der Waals surface area contributed by atoms with Crippen molar-refractivity contribution in [1.29, 1.82) is 0 Å². The van der Waals surface area contributed by atoms with E-state index >= 15 is 0 Å². The van der Waals surface area contributed by atoms with Crippen LogP contribution in [0.5, 0.6) is 0 Å². The quantitative estimate of drug-likeness (QED) is 0.713. The van der Waals surface area contributed by atoms with E-state index in [0.717, 1.165) is 17.8 Å². The zero-order valence-corrected chi connectivity index (χ0v) is 9.30. The second-order valence-corrected chi connectivity index (χ2v) is 3.54. The molecule has 0 amide bonds. The molecule has 2 heteroatoms. The summed E-state index contributed by atoms with van der Waals surface area (Å²) in [5, 5.41) is 0. The van der Waals surface area contributed by atoms with Gasteiger partial charge in [0.1, 0.15) is 0 Å². The molecule has 0 aliphatic rings. The number of nitrogens with zero attached hydrogens (tertiary/aromatic N) is 2. The topological polar surface area (TPSA) is 25.2 Å². The summed E-state index contributed by atoms with van der Waals surface area (Å²) in [6.07, 6.45) is 4.59. The Morgan fingerprint density at radius 1 is 1.19 bits per heavy atom. The molecule has 2 nitrogen and oxygen atoms in total. The van der Waals surface area contributed by atoms with Crippen molar-refractivity contribution in [1.82, 2.24) is 4.98 Å². The molecular formula is C14H14N2. The van der Waals surface area contributed by atoms with Gasteiger partial charge in [0.2, 0.25) is 0 Å². The average Bonchev–Trinajstić information content (AvgIpc) is 2.38. The van der Waals surface area contributed by atoms with Crippen LogP contribution in [0.1, 0.15) is 18.2 Å². The van der Waals surface area contributed by atoms with E-state index in [1.165, 1.54) is 5.56 Å². The Morgan fingerprint density at radius 2 is 2.12 bits per heavy atom. The van der Waals surface area contributed by atoms with Gasteiger partial charge in [-0.25, -0.2) is 0 Å². The molecule has 0 atom stereocenters. The molecule has 0 saturated heterocycles. The number of aromatic nitrogens is 1. The van der Waals surface area contributed by atoms with Crippen LogP contribution in [-0.4, -0.2) is 11.2 Å². The summed E-state index contributed by atoms with van der Waals surface area (Å²) in [5.41, 5.74) is 3.16. The fourth-order valence-corrected chi connectivity index (χ4v) is 1.45. The number of hydrogen-bond donors (Lipinski definition) is 0. The second-order valence-electron chi connectivity index (χ2n) is 3.54. The smallest absolute Gasteiger partial charge is 0.0812 e. The Bertz CT molecular complexity index is 475. The van der Waals surface area contributed by atoms with Crippen LogP contribution in [0.15, 0.2) is 53.7 Å².